The first-order valence-corrected chi connectivity index (χ1v) is 6.46. The van der Waals surface area contributed by atoms with Gasteiger partial charge in [-0.15, -0.1) is 0 Å². The number of halogens is 4. The number of ether oxygens (including phenoxy) is 1. The van der Waals surface area contributed by atoms with Crippen LogP contribution in [0.1, 0.15) is 5.56 Å². The van der Waals surface area contributed by atoms with E-state index in [1.807, 2.05) is 12.1 Å². The predicted octanol–water partition coefficient (Wildman–Crippen LogP) is 5.27. The zero-order valence-electron chi connectivity index (χ0n) is 8.96. The zero-order valence-corrected chi connectivity index (χ0v) is 12.0. The van der Waals surface area contributed by atoms with Gasteiger partial charge in [-0.1, -0.05) is 58.5 Å². The van der Waals surface area contributed by atoms with Crippen molar-refractivity contribution < 1.29 is 4.74 Å². The minimum atomic E-state index is 0.159. The number of aromatic nitrogens is 1. The minimum absolute atomic E-state index is 0.159. The summed E-state index contributed by atoms with van der Waals surface area (Å²) in [5.74, 6) is 0.251. The van der Waals surface area contributed by atoms with Crippen molar-refractivity contribution in [3.8, 4) is 5.88 Å². The molecule has 0 N–H and O–H groups in total. The zero-order chi connectivity index (χ0) is 13.1. The SMILES string of the molecule is Clc1ccc(COc2nc(Cl)c(Cl)cc2Cl)cc1. The van der Waals surface area contributed by atoms with Crippen LogP contribution in [-0.4, -0.2) is 4.98 Å². The van der Waals surface area contributed by atoms with E-state index in [0.717, 1.165) is 5.56 Å². The first kappa shape index (κ1) is 13.8. The molecule has 0 aliphatic heterocycles. The van der Waals surface area contributed by atoms with Crippen molar-refractivity contribution >= 4 is 46.4 Å². The predicted molar refractivity (Wildman–Crippen MR) is 75.1 cm³/mol. The molecule has 1 aromatic carbocycles. The molecule has 1 heterocycles. The fourth-order valence-electron chi connectivity index (χ4n) is 1.26. The van der Waals surface area contributed by atoms with E-state index in [2.05, 4.69) is 4.98 Å². The topological polar surface area (TPSA) is 22.1 Å². The summed E-state index contributed by atoms with van der Waals surface area (Å²) in [4.78, 5) is 3.96. The molecule has 2 rings (SSSR count). The quantitative estimate of drug-likeness (QED) is 0.718. The van der Waals surface area contributed by atoms with Crippen LogP contribution in [0.5, 0.6) is 5.88 Å². The Kier molecular flexibility index (Phi) is 4.57. The summed E-state index contributed by atoms with van der Waals surface area (Å²) in [5, 5.41) is 1.44. The summed E-state index contributed by atoms with van der Waals surface area (Å²) in [6.07, 6.45) is 0. The van der Waals surface area contributed by atoms with Crippen molar-refractivity contribution in [2.45, 2.75) is 6.61 Å². The Morgan fingerprint density at radius 3 is 2.28 bits per heavy atom. The Labute approximate surface area is 124 Å². The molecule has 2 aromatic rings. The van der Waals surface area contributed by atoms with Gasteiger partial charge in [0.25, 0.3) is 0 Å². The van der Waals surface area contributed by atoms with Gasteiger partial charge in [-0.3, -0.25) is 0 Å². The van der Waals surface area contributed by atoms with Gasteiger partial charge in [0.15, 0.2) is 5.15 Å². The highest BCUT2D eigenvalue weighted by atomic mass is 35.5. The number of hydrogen-bond donors (Lipinski definition) is 0. The number of benzene rings is 1. The fraction of sp³-hybridized carbons (Fsp3) is 0.0833. The lowest BCUT2D eigenvalue weighted by atomic mass is 10.2. The third-order valence-corrected chi connectivity index (χ3v) is 3.34. The van der Waals surface area contributed by atoms with Crippen LogP contribution in [0.3, 0.4) is 0 Å². The lowest BCUT2D eigenvalue weighted by molar-refractivity contribution is 0.294. The Morgan fingerprint density at radius 2 is 1.61 bits per heavy atom. The van der Waals surface area contributed by atoms with Crippen LogP contribution >= 0.6 is 46.4 Å². The second-order valence-corrected chi connectivity index (χ2v) is 5.07. The Hall–Kier alpha value is -0.670. The molecule has 2 nitrogen and oxygen atoms in total. The van der Waals surface area contributed by atoms with E-state index in [0.29, 0.717) is 21.7 Å². The molecule has 0 atom stereocenters. The lowest BCUT2D eigenvalue weighted by Gasteiger charge is -2.08. The molecular formula is C12H7Cl4NO. The molecule has 6 heteroatoms. The van der Waals surface area contributed by atoms with Crippen molar-refractivity contribution in [3.63, 3.8) is 0 Å². The summed E-state index contributed by atoms with van der Waals surface area (Å²) < 4.78 is 5.47. The van der Waals surface area contributed by atoms with Crippen LogP contribution < -0.4 is 4.74 Å². The molecule has 0 unspecified atom stereocenters. The van der Waals surface area contributed by atoms with E-state index in [9.17, 15) is 0 Å². The van der Waals surface area contributed by atoms with Crippen LogP contribution in [0, 0.1) is 0 Å². The maximum atomic E-state index is 5.94. The largest absolute Gasteiger partial charge is 0.472 e. The Balaban J connectivity index is 2.10. The van der Waals surface area contributed by atoms with Crippen molar-refractivity contribution in [2.75, 3.05) is 0 Å². The van der Waals surface area contributed by atoms with Gasteiger partial charge in [-0.05, 0) is 23.8 Å². The molecule has 0 fully saturated rings. The molecule has 0 amide bonds. The summed E-state index contributed by atoms with van der Waals surface area (Å²) in [6, 6.07) is 8.77. The van der Waals surface area contributed by atoms with Gasteiger partial charge < -0.3 is 4.74 Å². The van der Waals surface area contributed by atoms with E-state index in [1.54, 1.807) is 12.1 Å². The monoisotopic (exact) mass is 321 g/mol. The number of pyridine rings is 1. The average molecular weight is 323 g/mol. The van der Waals surface area contributed by atoms with Crippen LogP contribution in [0.25, 0.3) is 0 Å². The molecule has 0 spiro atoms. The van der Waals surface area contributed by atoms with Crippen LogP contribution in [0.15, 0.2) is 30.3 Å². The van der Waals surface area contributed by atoms with Crippen LogP contribution in [-0.2, 0) is 6.61 Å². The van der Waals surface area contributed by atoms with Gasteiger partial charge in [-0.25, -0.2) is 0 Å². The van der Waals surface area contributed by atoms with E-state index in [-0.39, 0.29) is 11.0 Å². The van der Waals surface area contributed by atoms with Gasteiger partial charge in [0.05, 0.1) is 5.02 Å². The third kappa shape index (κ3) is 3.42. The molecule has 1 aromatic heterocycles. The maximum absolute atomic E-state index is 5.94. The van der Waals surface area contributed by atoms with Gasteiger partial charge in [0.2, 0.25) is 5.88 Å². The Morgan fingerprint density at radius 1 is 0.944 bits per heavy atom. The highest BCUT2D eigenvalue weighted by Crippen LogP contribution is 2.30. The number of hydrogen-bond acceptors (Lipinski definition) is 2. The van der Waals surface area contributed by atoms with Gasteiger partial charge >= 0.3 is 0 Å². The molecular weight excluding hydrogens is 316 g/mol. The smallest absolute Gasteiger partial charge is 0.234 e. The summed E-state index contributed by atoms with van der Waals surface area (Å²) in [5.41, 5.74) is 0.948. The fourth-order valence-corrected chi connectivity index (χ4v) is 1.93. The molecule has 94 valence electrons. The molecule has 18 heavy (non-hydrogen) atoms. The highest BCUT2D eigenvalue weighted by molar-refractivity contribution is 6.42. The van der Waals surface area contributed by atoms with Gasteiger partial charge in [-0.2, -0.15) is 4.98 Å². The second-order valence-electron chi connectivity index (χ2n) is 3.46. The number of nitrogens with zero attached hydrogens (tertiary/aromatic N) is 1. The van der Waals surface area contributed by atoms with Gasteiger partial charge in [0.1, 0.15) is 11.6 Å². The van der Waals surface area contributed by atoms with Crippen molar-refractivity contribution in [1.82, 2.24) is 4.98 Å². The van der Waals surface area contributed by atoms with E-state index < -0.39 is 0 Å². The molecule has 0 saturated heterocycles. The van der Waals surface area contributed by atoms with Crippen LogP contribution in [0.2, 0.25) is 20.2 Å². The van der Waals surface area contributed by atoms with Gasteiger partial charge in [0, 0.05) is 5.02 Å². The summed E-state index contributed by atoms with van der Waals surface area (Å²) in [7, 11) is 0. The highest BCUT2D eigenvalue weighted by Gasteiger charge is 2.09. The second kappa shape index (κ2) is 5.98. The number of rotatable bonds is 3. The molecule has 0 aliphatic rings. The molecule has 0 aliphatic carbocycles. The first-order chi connectivity index (χ1) is 8.56. The maximum Gasteiger partial charge on any atom is 0.234 e. The average Bonchev–Trinajstić information content (AvgIpc) is 2.34. The summed E-state index contributed by atoms with van der Waals surface area (Å²) in [6.45, 7) is 0.321. The molecule has 0 radical (unpaired) electrons. The third-order valence-electron chi connectivity index (χ3n) is 2.14. The van der Waals surface area contributed by atoms with E-state index >= 15 is 0 Å². The standard InChI is InChI=1S/C12H7Cl4NO/c13-8-3-1-7(2-4-8)6-18-12-10(15)5-9(14)11(16)17-12/h1-5H,6H2. The summed E-state index contributed by atoms with van der Waals surface area (Å²) >= 11 is 23.3. The normalized spacial score (nSPS) is 10.4. The lowest BCUT2D eigenvalue weighted by Crippen LogP contribution is -1.98. The van der Waals surface area contributed by atoms with E-state index in [4.69, 9.17) is 51.1 Å². The minimum Gasteiger partial charge on any atom is -0.472 e. The van der Waals surface area contributed by atoms with Crippen molar-refractivity contribution in [2.24, 2.45) is 0 Å². The first-order valence-electron chi connectivity index (χ1n) is 4.95. The van der Waals surface area contributed by atoms with E-state index in [1.165, 1.54) is 6.07 Å². The molecule has 0 bridgehead atoms. The molecule has 0 saturated carbocycles. The van der Waals surface area contributed by atoms with Crippen molar-refractivity contribution in [1.29, 1.82) is 0 Å². The Bertz CT molecular complexity index is 557. The van der Waals surface area contributed by atoms with Crippen LogP contribution in [0.4, 0.5) is 0 Å². The van der Waals surface area contributed by atoms with Crippen molar-refractivity contribution in [3.05, 3.63) is 56.1 Å².